The molecular weight excluding hydrogens is 505 g/mol. The molecule has 0 spiro atoms. The third-order valence-corrected chi connectivity index (χ3v) is 8.10. The minimum absolute atomic E-state index is 0.0710. The van der Waals surface area contributed by atoms with E-state index in [9.17, 15) is 22.4 Å². The standard InChI is InChI=1S/C29H34FN3O4S/c1-5-18-31-29(35)23(4)32(19-24-11-7-6-10-22(24)3)28(34)20-33(27-13-9-8-12-26(27)30)38(36,37)25-16-14-21(2)15-17-25/h6-17,23H,5,18-20H2,1-4H3,(H,31,35)/t23-/m1/s1. The van der Waals surface area contributed by atoms with Crippen molar-refractivity contribution in [1.29, 1.82) is 0 Å². The first kappa shape index (κ1) is 28.8. The molecule has 0 saturated carbocycles. The van der Waals surface area contributed by atoms with Gasteiger partial charge in [-0.3, -0.25) is 13.9 Å². The van der Waals surface area contributed by atoms with E-state index in [2.05, 4.69) is 5.32 Å². The minimum atomic E-state index is -4.32. The van der Waals surface area contributed by atoms with Gasteiger partial charge in [-0.15, -0.1) is 0 Å². The Bertz CT molecular complexity index is 1380. The van der Waals surface area contributed by atoms with E-state index in [-0.39, 0.29) is 23.0 Å². The normalized spacial score (nSPS) is 12.0. The number of carbonyl (C=O) groups is 2. The number of amides is 2. The monoisotopic (exact) mass is 539 g/mol. The number of halogens is 1. The molecule has 0 heterocycles. The highest BCUT2D eigenvalue weighted by Gasteiger charge is 2.33. The van der Waals surface area contributed by atoms with Crippen LogP contribution in [0.2, 0.25) is 0 Å². The molecule has 0 aliphatic rings. The largest absolute Gasteiger partial charge is 0.354 e. The predicted octanol–water partition coefficient (Wildman–Crippen LogP) is 4.58. The second kappa shape index (κ2) is 12.7. The average molecular weight is 540 g/mol. The Morgan fingerprint density at radius 1 is 0.947 bits per heavy atom. The van der Waals surface area contributed by atoms with Crippen molar-refractivity contribution in [3.63, 3.8) is 0 Å². The van der Waals surface area contributed by atoms with Crippen molar-refractivity contribution >= 4 is 27.5 Å². The first-order valence-corrected chi connectivity index (χ1v) is 14.0. The molecule has 0 saturated heterocycles. The lowest BCUT2D eigenvalue weighted by Gasteiger charge is -2.32. The molecule has 0 bridgehead atoms. The summed E-state index contributed by atoms with van der Waals surface area (Å²) in [6.45, 7) is 7.08. The van der Waals surface area contributed by atoms with Crippen LogP contribution in [0.5, 0.6) is 0 Å². The van der Waals surface area contributed by atoms with E-state index >= 15 is 0 Å². The van der Waals surface area contributed by atoms with Crippen LogP contribution in [0.15, 0.2) is 77.7 Å². The molecule has 0 fully saturated rings. The number of nitrogens with one attached hydrogen (secondary N) is 1. The van der Waals surface area contributed by atoms with E-state index in [1.165, 1.54) is 35.2 Å². The third-order valence-electron chi connectivity index (χ3n) is 6.33. The number of rotatable bonds is 11. The first-order chi connectivity index (χ1) is 18.1. The van der Waals surface area contributed by atoms with Crippen LogP contribution < -0.4 is 9.62 Å². The zero-order valence-corrected chi connectivity index (χ0v) is 23.0. The third kappa shape index (κ3) is 6.77. The first-order valence-electron chi connectivity index (χ1n) is 12.5. The van der Waals surface area contributed by atoms with Crippen molar-refractivity contribution in [3.8, 4) is 0 Å². The molecule has 9 heteroatoms. The minimum Gasteiger partial charge on any atom is -0.354 e. The highest BCUT2D eigenvalue weighted by molar-refractivity contribution is 7.92. The van der Waals surface area contributed by atoms with Crippen molar-refractivity contribution in [2.45, 2.75) is 51.6 Å². The molecule has 3 rings (SSSR count). The Balaban J connectivity index is 2.04. The molecule has 3 aromatic rings. The van der Waals surface area contributed by atoms with E-state index in [0.717, 1.165) is 33.5 Å². The number of para-hydroxylation sites is 1. The summed E-state index contributed by atoms with van der Waals surface area (Å²) in [4.78, 5) is 28.0. The van der Waals surface area contributed by atoms with Crippen LogP contribution >= 0.6 is 0 Å². The van der Waals surface area contributed by atoms with Crippen molar-refractivity contribution in [2.75, 3.05) is 17.4 Å². The average Bonchev–Trinajstić information content (AvgIpc) is 2.90. The van der Waals surface area contributed by atoms with Crippen molar-refractivity contribution in [1.82, 2.24) is 10.2 Å². The van der Waals surface area contributed by atoms with Crippen LogP contribution in [0.4, 0.5) is 10.1 Å². The number of sulfonamides is 1. The van der Waals surface area contributed by atoms with E-state index < -0.39 is 34.3 Å². The maximum absolute atomic E-state index is 14.9. The molecule has 0 radical (unpaired) electrons. The fourth-order valence-electron chi connectivity index (χ4n) is 3.95. The Kier molecular flexibility index (Phi) is 9.63. The number of carbonyl (C=O) groups excluding carboxylic acids is 2. The van der Waals surface area contributed by atoms with Gasteiger partial charge < -0.3 is 10.2 Å². The molecule has 202 valence electrons. The van der Waals surface area contributed by atoms with Gasteiger partial charge in [-0.25, -0.2) is 12.8 Å². The van der Waals surface area contributed by atoms with Gasteiger partial charge in [-0.1, -0.05) is 61.0 Å². The van der Waals surface area contributed by atoms with Crippen LogP contribution in [-0.2, 0) is 26.2 Å². The van der Waals surface area contributed by atoms with Crippen LogP contribution in [0.3, 0.4) is 0 Å². The van der Waals surface area contributed by atoms with Gasteiger partial charge in [-0.2, -0.15) is 0 Å². The number of anilines is 1. The zero-order chi connectivity index (χ0) is 27.9. The summed E-state index contributed by atoms with van der Waals surface area (Å²) < 4.78 is 43.1. The number of hydrogen-bond donors (Lipinski definition) is 1. The van der Waals surface area contributed by atoms with E-state index in [1.807, 2.05) is 45.0 Å². The summed E-state index contributed by atoms with van der Waals surface area (Å²) in [7, 11) is -4.32. The fourth-order valence-corrected chi connectivity index (χ4v) is 5.38. The van der Waals surface area contributed by atoms with Gasteiger partial charge in [0.25, 0.3) is 10.0 Å². The molecule has 0 aliphatic carbocycles. The van der Waals surface area contributed by atoms with E-state index in [1.54, 1.807) is 19.1 Å². The summed E-state index contributed by atoms with van der Waals surface area (Å²) in [6.07, 6.45) is 0.722. The van der Waals surface area contributed by atoms with Crippen molar-refractivity contribution in [3.05, 3.63) is 95.3 Å². The fraction of sp³-hybridized carbons (Fsp3) is 0.310. The van der Waals surface area contributed by atoms with E-state index in [4.69, 9.17) is 0 Å². The number of aryl methyl sites for hydroxylation is 2. The van der Waals surface area contributed by atoms with Gasteiger partial charge in [0.1, 0.15) is 18.4 Å². The van der Waals surface area contributed by atoms with Crippen LogP contribution in [0.1, 0.15) is 37.0 Å². The molecule has 1 atom stereocenters. The van der Waals surface area contributed by atoms with Crippen LogP contribution in [0, 0.1) is 19.7 Å². The van der Waals surface area contributed by atoms with Gasteiger partial charge in [0.2, 0.25) is 11.8 Å². The Hall–Kier alpha value is -3.72. The summed E-state index contributed by atoms with van der Waals surface area (Å²) in [5.41, 5.74) is 2.34. The number of benzene rings is 3. The Labute approximate surface area is 224 Å². The Morgan fingerprint density at radius 3 is 2.21 bits per heavy atom. The summed E-state index contributed by atoms with van der Waals surface area (Å²) in [5, 5.41) is 2.80. The number of hydrogen-bond acceptors (Lipinski definition) is 4. The SMILES string of the molecule is CCCNC(=O)[C@@H](C)N(Cc1ccccc1C)C(=O)CN(c1ccccc1F)S(=O)(=O)c1ccc(C)cc1. The smallest absolute Gasteiger partial charge is 0.264 e. The second-order valence-electron chi connectivity index (χ2n) is 9.19. The lowest BCUT2D eigenvalue weighted by molar-refractivity contribution is -0.139. The summed E-state index contributed by atoms with van der Waals surface area (Å²) in [6, 6.07) is 18.1. The quantitative estimate of drug-likeness (QED) is 0.387. The maximum Gasteiger partial charge on any atom is 0.264 e. The highest BCUT2D eigenvalue weighted by atomic mass is 32.2. The zero-order valence-electron chi connectivity index (χ0n) is 22.1. The Morgan fingerprint density at radius 2 is 1.58 bits per heavy atom. The predicted molar refractivity (Wildman–Crippen MR) is 147 cm³/mol. The summed E-state index contributed by atoms with van der Waals surface area (Å²) >= 11 is 0. The summed E-state index contributed by atoms with van der Waals surface area (Å²) in [5.74, 6) is -1.77. The van der Waals surface area contributed by atoms with Gasteiger partial charge >= 0.3 is 0 Å². The molecule has 0 unspecified atom stereocenters. The number of nitrogens with zero attached hydrogens (tertiary/aromatic N) is 2. The lowest BCUT2D eigenvalue weighted by atomic mass is 10.1. The van der Waals surface area contributed by atoms with Gasteiger partial charge in [0.05, 0.1) is 10.6 Å². The van der Waals surface area contributed by atoms with Crippen LogP contribution in [-0.4, -0.2) is 44.3 Å². The molecule has 38 heavy (non-hydrogen) atoms. The molecule has 7 nitrogen and oxygen atoms in total. The van der Waals surface area contributed by atoms with Gasteiger partial charge in [0.15, 0.2) is 0 Å². The molecule has 0 aromatic heterocycles. The molecule has 1 N–H and O–H groups in total. The van der Waals surface area contributed by atoms with Gasteiger partial charge in [-0.05, 0) is 62.6 Å². The second-order valence-corrected chi connectivity index (χ2v) is 11.1. The van der Waals surface area contributed by atoms with Crippen molar-refractivity contribution in [2.24, 2.45) is 0 Å². The highest BCUT2D eigenvalue weighted by Crippen LogP contribution is 2.27. The lowest BCUT2D eigenvalue weighted by Crippen LogP contribution is -2.51. The molecule has 0 aliphatic heterocycles. The van der Waals surface area contributed by atoms with Gasteiger partial charge in [0, 0.05) is 13.1 Å². The van der Waals surface area contributed by atoms with E-state index in [0.29, 0.717) is 6.54 Å². The molecule has 2 amide bonds. The maximum atomic E-state index is 14.9. The molecular formula is C29H34FN3O4S. The topological polar surface area (TPSA) is 86.8 Å². The van der Waals surface area contributed by atoms with Crippen LogP contribution in [0.25, 0.3) is 0 Å². The molecule has 3 aromatic carbocycles. The van der Waals surface area contributed by atoms with Crippen molar-refractivity contribution < 1.29 is 22.4 Å².